The van der Waals surface area contributed by atoms with E-state index >= 15 is 0 Å². The molecule has 5 nitrogen and oxygen atoms in total. The molecule has 0 saturated carbocycles. The molecule has 0 heterocycles. The van der Waals surface area contributed by atoms with E-state index in [2.05, 4.69) is 10.6 Å². The summed E-state index contributed by atoms with van der Waals surface area (Å²) in [5.41, 5.74) is 5.56. The van der Waals surface area contributed by atoms with Crippen molar-refractivity contribution in [3.05, 3.63) is 0 Å². The third-order valence-electron chi connectivity index (χ3n) is 2.08. The van der Waals surface area contributed by atoms with E-state index in [0.717, 1.165) is 19.3 Å². The van der Waals surface area contributed by atoms with Gasteiger partial charge in [-0.1, -0.05) is 6.92 Å². The molecule has 0 bridgehead atoms. The number of carbonyl (C=O) groups excluding carboxylic acids is 2. The van der Waals surface area contributed by atoms with Gasteiger partial charge in [0.25, 0.3) is 0 Å². The highest BCUT2D eigenvalue weighted by atomic mass is 16.2. The maximum Gasteiger partial charge on any atom is 0.239 e. The predicted molar refractivity (Wildman–Crippen MR) is 63.8 cm³/mol. The number of rotatable bonds is 8. The lowest BCUT2D eigenvalue weighted by Gasteiger charge is -2.07. The molecule has 0 aliphatic heterocycles. The lowest BCUT2D eigenvalue weighted by molar-refractivity contribution is -0.126. The summed E-state index contributed by atoms with van der Waals surface area (Å²) < 4.78 is 0. The number of nitrogens with one attached hydrogen (secondary N) is 2. The average Bonchev–Trinajstić information content (AvgIpc) is 2.23. The van der Waals surface area contributed by atoms with Gasteiger partial charge in [-0.15, -0.1) is 0 Å². The highest BCUT2D eigenvalue weighted by Gasteiger charge is 2.05. The maximum atomic E-state index is 11.3. The van der Waals surface area contributed by atoms with Crippen LogP contribution in [-0.2, 0) is 9.59 Å². The van der Waals surface area contributed by atoms with Gasteiger partial charge >= 0.3 is 0 Å². The number of amides is 2. The van der Waals surface area contributed by atoms with E-state index in [1.165, 1.54) is 0 Å². The summed E-state index contributed by atoms with van der Waals surface area (Å²) in [5.74, 6) is -0.227. The molecule has 0 fully saturated rings. The van der Waals surface area contributed by atoms with Crippen LogP contribution in [0.25, 0.3) is 0 Å². The summed E-state index contributed by atoms with van der Waals surface area (Å²) in [6, 6.07) is 0.126. The molecule has 0 aromatic carbocycles. The summed E-state index contributed by atoms with van der Waals surface area (Å²) in [4.78, 5) is 22.4. The first-order chi connectivity index (χ1) is 7.56. The van der Waals surface area contributed by atoms with Crippen molar-refractivity contribution in [1.82, 2.24) is 10.6 Å². The third-order valence-corrected chi connectivity index (χ3v) is 2.08. The second-order valence-corrected chi connectivity index (χ2v) is 4.00. The van der Waals surface area contributed by atoms with Crippen LogP contribution in [0.3, 0.4) is 0 Å². The van der Waals surface area contributed by atoms with Crippen molar-refractivity contribution in [3.63, 3.8) is 0 Å². The second-order valence-electron chi connectivity index (χ2n) is 4.00. The Bertz CT molecular complexity index is 217. The lowest BCUT2D eigenvalue weighted by atomic mass is 10.1. The molecule has 94 valence electrons. The molecule has 0 aliphatic carbocycles. The summed E-state index contributed by atoms with van der Waals surface area (Å²) in [6.07, 6.45) is 2.92. The minimum absolute atomic E-state index is 0.0665. The molecule has 0 spiro atoms. The van der Waals surface area contributed by atoms with Crippen LogP contribution in [0.2, 0.25) is 0 Å². The molecular weight excluding hydrogens is 206 g/mol. The van der Waals surface area contributed by atoms with Crippen molar-refractivity contribution in [2.24, 2.45) is 5.73 Å². The zero-order chi connectivity index (χ0) is 12.4. The number of carbonyl (C=O) groups is 2. The highest BCUT2D eigenvalue weighted by Crippen LogP contribution is 1.97. The SMILES string of the molecule is CCCNC(=O)CNC(=O)CCCC(C)N. The van der Waals surface area contributed by atoms with Crippen LogP contribution in [-0.4, -0.2) is 30.9 Å². The number of hydrogen-bond acceptors (Lipinski definition) is 3. The second kappa shape index (κ2) is 9.15. The van der Waals surface area contributed by atoms with Crippen molar-refractivity contribution < 1.29 is 9.59 Å². The number of nitrogens with two attached hydrogens (primary N) is 1. The van der Waals surface area contributed by atoms with Gasteiger partial charge in [-0.05, 0) is 26.2 Å². The van der Waals surface area contributed by atoms with Crippen LogP contribution in [0.1, 0.15) is 39.5 Å². The molecule has 4 N–H and O–H groups in total. The maximum absolute atomic E-state index is 11.3. The largest absolute Gasteiger partial charge is 0.355 e. The van der Waals surface area contributed by atoms with Gasteiger partial charge in [0.05, 0.1) is 6.54 Å². The Hall–Kier alpha value is -1.10. The molecule has 0 aliphatic rings. The fraction of sp³-hybridized carbons (Fsp3) is 0.818. The van der Waals surface area contributed by atoms with Crippen molar-refractivity contribution in [3.8, 4) is 0 Å². The van der Waals surface area contributed by atoms with Gasteiger partial charge in [-0.3, -0.25) is 9.59 Å². The standard InChI is InChI=1S/C11H23N3O2/c1-3-7-13-11(16)8-14-10(15)6-4-5-9(2)12/h9H,3-8,12H2,1-2H3,(H,13,16)(H,14,15). The highest BCUT2D eigenvalue weighted by molar-refractivity contribution is 5.84. The zero-order valence-electron chi connectivity index (χ0n) is 10.2. The molecular formula is C11H23N3O2. The summed E-state index contributed by atoms with van der Waals surface area (Å²) in [7, 11) is 0. The molecule has 2 amide bonds. The predicted octanol–water partition coefficient (Wildman–Crippen LogP) is 0.146. The Balaban J connectivity index is 3.46. The minimum Gasteiger partial charge on any atom is -0.355 e. The first-order valence-corrected chi connectivity index (χ1v) is 5.85. The van der Waals surface area contributed by atoms with E-state index in [1.54, 1.807) is 0 Å². The van der Waals surface area contributed by atoms with Crippen LogP contribution < -0.4 is 16.4 Å². The fourth-order valence-corrected chi connectivity index (χ4v) is 1.18. The lowest BCUT2D eigenvalue weighted by Crippen LogP contribution is -2.37. The molecule has 16 heavy (non-hydrogen) atoms. The van der Waals surface area contributed by atoms with Gasteiger partial charge < -0.3 is 16.4 Å². The summed E-state index contributed by atoms with van der Waals surface area (Å²) in [5, 5.41) is 5.26. The molecule has 0 saturated heterocycles. The van der Waals surface area contributed by atoms with Crippen molar-refractivity contribution in [2.45, 2.75) is 45.6 Å². The van der Waals surface area contributed by atoms with Gasteiger partial charge in [-0.2, -0.15) is 0 Å². The molecule has 1 atom stereocenters. The summed E-state index contributed by atoms with van der Waals surface area (Å²) >= 11 is 0. The molecule has 5 heteroatoms. The van der Waals surface area contributed by atoms with Gasteiger partial charge in [0.2, 0.25) is 11.8 Å². The fourth-order valence-electron chi connectivity index (χ4n) is 1.18. The number of hydrogen-bond donors (Lipinski definition) is 3. The Morgan fingerprint density at radius 2 is 1.94 bits per heavy atom. The topological polar surface area (TPSA) is 84.2 Å². The Kier molecular flexibility index (Phi) is 8.52. The van der Waals surface area contributed by atoms with Gasteiger partial charge in [-0.25, -0.2) is 0 Å². The Morgan fingerprint density at radius 1 is 1.25 bits per heavy atom. The molecule has 0 aromatic heterocycles. The molecule has 0 rings (SSSR count). The van der Waals surface area contributed by atoms with Gasteiger partial charge in [0, 0.05) is 19.0 Å². The monoisotopic (exact) mass is 229 g/mol. The van der Waals surface area contributed by atoms with E-state index in [1.807, 2.05) is 13.8 Å². The first kappa shape index (κ1) is 14.9. The van der Waals surface area contributed by atoms with Crippen molar-refractivity contribution in [1.29, 1.82) is 0 Å². The van der Waals surface area contributed by atoms with E-state index in [-0.39, 0.29) is 24.4 Å². The Labute approximate surface area is 97.2 Å². The normalized spacial score (nSPS) is 11.9. The summed E-state index contributed by atoms with van der Waals surface area (Å²) in [6.45, 7) is 4.61. The van der Waals surface area contributed by atoms with Crippen LogP contribution in [0, 0.1) is 0 Å². The minimum atomic E-state index is -0.137. The van der Waals surface area contributed by atoms with E-state index in [4.69, 9.17) is 5.73 Å². The average molecular weight is 229 g/mol. The zero-order valence-corrected chi connectivity index (χ0v) is 10.2. The first-order valence-electron chi connectivity index (χ1n) is 5.85. The molecule has 0 aromatic rings. The smallest absolute Gasteiger partial charge is 0.239 e. The van der Waals surface area contributed by atoms with Crippen molar-refractivity contribution in [2.75, 3.05) is 13.1 Å². The van der Waals surface area contributed by atoms with Crippen LogP contribution in [0.4, 0.5) is 0 Å². The molecule has 0 radical (unpaired) electrons. The Morgan fingerprint density at radius 3 is 2.50 bits per heavy atom. The van der Waals surface area contributed by atoms with E-state index in [0.29, 0.717) is 13.0 Å². The van der Waals surface area contributed by atoms with Crippen molar-refractivity contribution >= 4 is 11.8 Å². The van der Waals surface area contributed by atoms with Crippen LogP contribution in [0.5, 0.6) is 0 Å². The van der Waals surface area contributed by atoms with Gasteiger partial charge in [0.1, 0.15) is 0 Å². The third kappa shape index (κ3) is 9.45. The van der Waals surface area contributed by atoms with Crippen LogP contribution >= 0.6 is 0 Å². The van der Waals surface area contributed by atoms with Crippen LogP contribution in [0.15, 0.2) is 0 Å². The van der Waals surface area contributed by atoms with E-state index < -0.39 is 0 Å². The van der Waals surface area contributed by atoms with Gasteiger partial charge in [0.15, 0.2) is 0 Å². The quantitative estimate of drug-likeness (QED) is 0.554. The van der Waals surface area contributed by atoms with E-state index in [9.17, 15) is 9.59 Å². The molecule has 1 unspecified atom stereocenters.